The van der Waals surface area contributed by atoms with E-state index in [9.17, 15) is 4.79 Å². The number of aryl methyl sites for hydroxylation is 4. The summed E-state index contributed by atoms with van der Waals surface area (Å²) in [5, 5.41) is 16.1. The van der Waals surface area contributed by atoms with Crippen LogP contribution < -0.4 is 5.32 Å². The van der Waals surface area contributed by atoms with E-state index in [-0.39, 0.29) is 5.91 Å². The summed E-state index contributed by atoms with van der Waals surface area (Å²) in [7, 11) is 1.83. The van der Waals surface area contributed by atoms with Crippen molar-refractivity contribution < 1.29 is 9.32 Å². The van der Waals surface area contributed by atoms with Crippen LogP contribution in [-0.2, 0) is 13.6 Å². The van der Waals surface area contributed by atoms with Crippen LogP contribution in [0.1, 0.15) is 28.2 Å². The summed E-state index contributed by atoms with van der Waals surface area (Å²) in [5.41, 5.74) is 3.88. The average molecular weight is 379 g/mol. The van der Waals surface area contributed by atoms with Crippen LogP contribution in [0.4, 0.5) is 0 Å². The molecular weight excluding hydrogens is 358 g/mol. The van der Waals surface area contributed by atoms with Crippen molar-refractivity contribution in [1.29, 1.82) is 0 Å². The molecule has 0 unspecified atom stereocenters. The van der Waals surface area contributed by atoms with Gasteiger partial charge in [0.25, 0.3) is 11.6 Å². The molecule has 1 N–H and O–H groups in total. The Morgan fingerprint density at radius 3 is 2.89 bits per heavy atom. The number of fused-ring (bicyclic) bond motifs is 1. The third-order valence-corrected chi connectivity index (χ3v) is 4.49. The number of carbonyl (C=O) groups is 1. The van der Waals surface area contributed by atoms with Crippen molar-refractivity contribution in [2.75, 3.05) is 6.54 Å². The zero-order valence-electron chi connectivity index (χ0n) is 16.0. The molecule has 0 fully saturated rings. The van der Waals surface area contributed by atoms with Crippen molar-refractivity contribution in [2.24, 2.45) is 7.05 Å². The van der Waals surface area contributed by atoms with Gasteiger partial charge >= 0.3 is 0 Å². The summed E-state index contributed by atoms with van der Waals surface area (Å²) in [4.78, 5) is 17.3. The first-order chi connectivity index (χ1) is 13.5. The van der Waals surface area contributed by atoms with E-state index in [2.05, 4.69) is 25.7 Å². The standard InChI is InChI=1S/C19H21N7O2/c1-12-5-8-26(23-12)7-4-6-20-18(27)15-9-16(14-10-21-25(3)11-14)22-19-17(15)13(2)24-28-19/h5,8-11H,4,6-7H2,1-3H3,(H,20,27). The number of nitrogens with zero attached hydrogens (tertiary/aromatic N) is 6. The van der Waals surface area contributed by atoms with Crippen LogP contribution in [-0.4, -0.2) is 42.2 Å². The van der Waals surface area contributed by atoms with Crippen LogP contribution in [0, 0.1) is 13.8 Å². The van der Waals surface area contributed by atoms with Crippen molar-refractivity contribution in [3.05, 3.63) is 47.7 Å². The molecule has 0 atom stereocenters. The lowest BCUT2D eigenvalue weighted by atomic mass is 10.1. The number of amides is 1. The highest BCUT2D eigenvalue weighted by atomic mass is 16.5. The summed E-state index contributed by atoms with van der Waals surface area (Å²) in [6, 6.07) is 3.72. The second kappa shape index (κ2) is 7.26. The van der Waals surface area contributed by atoms with E-state index >= 15 is 0 Å². The molecule has 0 saturated carbocycles. The maximum absolute atomic E-state index is 12.9. The molecule has 0 radical (unpaired) electrons. The first kappa shape index (κ1) is 17.9. The third-order valence-electron chi connectivity index (χ3n) is 4.49. The number of rotatable bonds is 6. The van der Waals surface area contributed by atoms with Gasteiger partial charge in [0, 0.05) is 38.1 Å². The van der Waals surface area contributed by atoms with E-state index in [1.807, 2.05) is 37.1 Å². The zero-order chi connectivity index (χ0) is 19.7. The number of pyridine rings is 1. The Kier molecular flexibility index (Phi) is 4.64. The summed E-state index contributed by atoms with van der Waals surface area (Å²) >= 11 is 0. The largest absolute Gasteiger partial charge is 0.352 e. The summed E-state index contributed by atoms with van der Waals surface area (Å²) in [6.07, 6.45) is 6.25. The zero-order valence-corrected chi connectivity index (χ0v) is 16.0. The molecule has 4 aromatic rings. The predicted octanol–water partition coefficient (Wildman–Crippen LogP) is 2.26. The quantitative estimate of drug-likeness (QED) is 0.515. The fraction of sp³-hybridized carbons (Fsp3) is 0.316. The lowest BCUT2D eigenvalue weighted by Crippen LogP contribution is -2.25. The number of hydrogen-bond donors (Lipinski definition) is 1. The van der Waals surface area contributed by atoms with E-state index in [0.29, 0.717) is 34.6 Å². The van der Waals surface area contributed by atoms with Gasteiger partial charge < -0.3 is 9.84 Å². The number of hydrogen-bond acceptors (Lipinski definition) is 6. The van der Waals surface area contributed by atoms with E-state index in [1.165, 1.54) is 0 Å². The first-order valence-electron chi connectivity index (χ1n) is 9.05. The minimum absolute atomic E-state index is 0.180. The molecule has 9 nitrogen and oxygen atoms in total. The summed E-state index contributed by atoms with van der Waals surface area (Å²) < 4.78 is 8.87. The average Bonchev–Trinajstić information content (AvgIpc) is 3.39. The van der Waals surface area contributed by atoms with Crippen LogP contribution in [0.2, 0.25) is 0 Å². The maximum Gasteiger partial charge on any atom is 0.259 e. The topological polar surface area (TPSA) is 104 Å². The maximum atomic E-state index is 12.9. The van der Waals surface area contributed by atoms with Gasteiger partial charge in [-0.05, 0) is 32.4 Å². The van der Waals surface area contributed by atoms with Gasteiger partial charge in [-0.25, -0.2) is 4.98 Å². The van der Waals surface area contributed by atoms with Gasteiger partial charge in [0.05, 0.1) is 34.2 Å². The van der Waals surface area contributed by atoms with Crippen LogP contribution in [0.25, 0.3) is 22.4 Å². The molecule has 4 heterocycles. The molecule has 0 aliphatic heterocycles. The van der Waals surface area contributed by atoms with Crippen molar-refractivity contribution in [3.63, 3.8) is 0 Å². The fourth-order valence-electron chi connectivity index (χ4n) is 3.10. The van der Waals surface area contributed by atoms with E-state index in [1.54, 1.807) is 23.9 Å². The number of aromatic nitrogens is 6. The molecule has 0 spiro atoms. The molecule has 4 rings (SSSR count). The number of carbonyl (C=O) groups excluding carboxylic acids is 1. The highest BCUT2D eigenvalue weighted by Crippen LogP contribution is 2.26. The van der Waals surface area contributed by atoms with Crippen LogP contribution >= 0.6 is 0 Å². The Balaban J connectivity index is 1.54. The molecule has 144 valence electrons. The van der Waals surface area contributed by atoms with Gasteiger partial charge in [-0.3, -0.25) is 14.2 Å². The molecule has 0 aliphatic rings. The summed E-state index contributed by atoms with van der Waals surface area (Å²) in [5.74, 6) is -0.180. The third kappa shape index (κ3) is 3.51. The molecule has 1 amide bonds. The van der Waals surface area contributed by atoms with E-state index in [4.69, 9.17) is 4.52 Å². The van der Waals surface area contributed by atoms with Crippen LogP contribution in [0.15, 0.2) is 35.2 Å². The highest BCUT2D eigenvalue weighted by molar-refractivity contribution is 6.06. The van der Waals surface area contributed by atoms with E-state index < -0.39 is 0 Å². The number of nitrogens with one attached hydrogen (secondary N) is 1. The molecule has 0 aliphatic carbocycles. The lowest BCUT2D eigenvalue weighted by Gasteiger charge is -2.08. The Bertz CT molecular complexity index is 1140. The molecule has 0 bridgehead atoms. The van der Waals surface area contributed by atoms with Crippen molar-refractivity contribution >= 4 is 17.0 Å². The van der Waals surface area contributed by atoms with Gasteiger partial charge in [-0.1, -0.05) is 5.16 Å². The van der Waals surface area contributed by atoms with Crippen LogP contribution in [0.5, 0.6) is 0 Å². The minimum atomic E-state index is -0.180. The Morgan fingerprint density at radius 2 is 2.18 bits per heavy atom. The molecule has 4 aromatic heterocycles. The molecule has 0 saturated heterocycles. The Labute approximate surface area is 161 Å². The monoisotopic (exact) mass is 379 g/mol. The van der Waals surface area contributed by atoms with Crippen molar-refractivity contribution in [1.82, 2.24) is 35.0 Å². The first-order valence-corrected chi connectivity index (χ1v) is 9.05. The molecule has 28 heavy (non-hydrogen) atoms. The van der Waals surface area contributed by atoms with Gasteiger partial charge in [0.15, 0.2) is 0 Å². The minimum Gasteiger partial charge on any atom is -0.352 e. The second-order valence-corrected chi connectivity index (χ2v) is 6.74. The molecule has 0 aromatic carbocycles. The Morgan fingerprint density at radius 1 is 1.32 bits per heavy atom. The van der Waals surface area contributed by atoms with E-state index in [0.717, 1.165) is 24.2 Å². The van der Waals surface area contributed by atoms with Crippen molar-refractivity contribution in [2.45, 2.75) is 26.8 Å². The van der Waals surface area contributed by atoms with Gasteiger partial charge in [0.2, 0.25) is 0 Å². The van der Waals surface area contributed by atoms with Crippen LogP contribution in [0.3, 0.4) is 0 Å². The van der Waals surface area contributed by atoms with Gasteiger partial charge in [-0.2, -0.15) is 10.2 Å². The molecular formula is C19H21N7O2. The van der Waals surface area contributed by atoms with Gasteiger partial charge in [-0.15, -0.1) is 0 Å². The Hall–Kier alpha value is -3.49. The predicted molar refractivity (Wildman–Crippen MR) is 103 cm³/mol. The van der Waals surface area contributed by atoms with Crippen molar-refractivity contribution in [3.8, 4) is 11.3 Å². The van der Waals surface area contributed by atoms with Gasteiger partial charge in [0.1, 0.15) is 0 Å². The normalized spacial score (nSPS) is 11.2. The lowest BCUT2D eigenvalue weighted by molar-refractivity contribution is 0.0954. The highest BCUT2D eigenvalue weighted by Gasteiger charge is 2.19. The fourth-order valence-corrected chi connectivity index (χ4v) is 3.10. The SMILES string of the molecule is Cc1ccn(CCCNC(=O)c2cc(-c3cnn(C)c3)nc3onc(C)c23)n1. The summed E-state index contributed by atoms with van der Waals surface area (Å²) in [6.45, 7) is 5.03. The smallest absolute Gasteiger partial charge is 0.259 e. The second-order valence-electron chi connectivity index (χ2n) is 6.74. The molecule has 9 heteroatoms.